The van der Waals surface area contributed by atoms with E-state index < -0.39 is 10.0 Å². The molecule has 3 rings (SSSR count). The Balaban J connectivity index is 1.65. The molecular weight excluding hydrogens is 428 g/mol. The van der Waals surface area contributed by atoms with Crippen LogP contribution in [0.25, 0.3) is 11.5 Å². The van der Waals surface area contributed by atoms with Crippen molar-refractivity contribution in [2.75, 3.05) is 32.6 Å². The van der Waals surface area contributed by atoms with Crippen molar-refractivity contribution in [1.29, 1.82) is 0 Å². The van der Waals surface area contributed by atoms with Gasteiger partial charge in [0, 0.05) is 31.8 Å². The molecule has 0 radical (unpaired) electrons. The van der Waals surface area contributed by atoms with E-state index in [-0.39, 0.29) is 33.7 Å². The van der Waals surface area contributed by atoms with Crippen LogP contribution in [-0.4, -0.2) is 67.4 Å². The molecule has 11 heteroatoms. The van der Waals surface area contributed by atoms with Gasteiger partial charge in [-0.3, -0.25) is 4.79 Å². The van der Waals surface area contributed by atoms with E-state index in [1.807, 2.05) is 6.92 Å². The SMILES string of the molecule is COC[C@@H](C)NC(=O)CSc1nnc(-c2cccc(S(=O)(=O)N3CCCCC3)c2)o1. The summed E-state index contributed by atoms with van der Waals surface area (Å²) >= 11 is 1.12. The average Bonchev–Trinajstić information content (AvgIpc) is 3.22. The summed E-state index contributed by atoms with van der Waals surface area (Å²) in [7, 11) is -1.97. The molecule has 2 heterocycles. The first-order valence-corrected chi connectivity index (χ1v) is 12.2. The number of amides is 1. The topological polar surface area (TPSA) is 115 Å². The molecule has 1 saturated heterocycles. The van der Waals surface area contributed by atoms with Gasteiger partial charge in [-0.15, -0.1) is 10.2 Å². The van der Waals surface area contributed by atoms with Gasteiger partial charge in [0.1, 0.15) is 0 Å². The molecule has 1 N–H and O–H groups in total. The first kappa shape index (κ1) is 22.7. The maximum Gasteiger partial charge on any atom is 0.277 e. The van der Waals surface area contributed by atoms with Crippen LogP contribution in [0.5, 0.6) is 0 Å². The monoisotopic (exact) mass is 454 g/mol. The van der Waals surface area contributed by atoms with E-state index in [4.69, 9.17) is 9.15 Å². The lowest BCUT2D eigenvalue weighted by Gasteiger charge is -2.25. The van der Waals surface area contributed by atoms with Gasteiger partial charge in [0.2, 0.25) is 21.8 Å². The standard InChI is InChI=1S/C19H26N4O5S2/c1-14(12-27-2)20-17(24)13-29-19-22-21-18(28-19)15-7-6-8-16(11-15)30(25,26)23-9-4-3-5-10-23/h6-8,11,14H,3-5,9-10,12-13H2,1-2H3,(H,20,24)/t14-/m1/s1. The van der Waals surface area contributed by atoms with E-state index in [1.165, 1.54) is 4.31 Å². The molecule has 0 unspecified atom stereocenters. The van der Waals surface area contributed by atoms with Crippen LogP contribution in [0.2, 0.25) is 0 Å². The Morgan fingerprint density at radius 3 is 2.80 bits per heavy atom. The van der Waals surface area contributed by atoms with Crippen molar-refractivity contribution >= 4 is 27.7 Å². The number of hydrogen-bond donors (Lipinski definition) is 1. The highest BCUT2D eigenvalue weighted by molar-refractivity contribution is 7.99. The highest BCUT2D eigenvalue weighted by Crippen LogP contribution is 2.27. The number of ether oxygens (including phenoxy) is 1. The maximum absolute atomic E-state index is 12.9. The lowest BCUT2D eigenvalue weighted by atomic mass is 10.2. The Hall–Kier alpha value is -1.95. The predicted molar refractivity (Wildman–Crippen MR) is 113 cm³/mol. The normalized spacial score (nSPS) is 16.3. The number of rotatable bonds is 9. The smallest absolute Gasteiger partial charge is 0.277 e. The number of methoxy groups -OCH3 is 1. The molecular formula is C19H26N4O5S2. The van der Waals surface area contributed by atoms with Crippen LogP contribution in [-0.2, 0) is 19.6 Å². The minimum absolute atomic E-state index is 0.0917. The van der Waals surface area contributed by atoms with Crippen LogP contribution in [0.15, 0.2) is 38.8 Å². The molecule has 30 heavy (non-hydrogen) atoms. The van der Waals surface area contributed by atoms with E-state index in [0.29, 0.717) is 25.3 Å². The van der Waals surface area contributed by atoms with Gasteiger partial charge < -0.3 is 14.5 Å². The van der Waals surface area contributed by atoms with Gasteiger partial charge in [-0.1, -0.05) is 24.2 Å². The molecule has 1 aromatic carbocycles. The Kier molecular flexibility index (Phi) is 7.87. The van der Waals surface area contributed by atoms with E-state index in [2.05, 4.69) is 15.5 Å². The number of piperidine rings is 1. The van der Waals surface area contributed by atoms with Crippen LogP contribution in [0.4, 0.5) is 0 Å². The molecule has 1 aliphatic rings. The fourth-order valence-electron chi connectivity index (χ4n) is 3.16. The summed E-state index contributed by atoms with van der Waals surface area (Å²) in [5, 5.41) is 11.0. The van der Waals surface area contributed by atoms with Gasteiger partial charge in [-0.2, -0.15) is 4.31 Å². The molecule has 0 saturated carbocycles. The molecule has 1 atom stereocenters. The average molecular weight is 455 g/mol. The zero-order valence-electron chi connectivity index (χ0n) is 17.0. The zero-order valence-corrected chi connectivity index (χ0v) is 18.7. The van der Waals surface area contributed by atoms with E-state index >= 15 is 0 Å². The molecule has 1 aliphatic heterocycles. The highest BCUT2D eigenvalue weighted by Gasteiger charge is 2.26. The van der Waals surface area contributed by atoms with Gasteiger partial charge in [-0.25, -0.2) is 8.42 Å². The van der Waals surface area contributed by atoms with Crippen LogP contribution in [0.1, 0.15) is 26.2 Å². The first-order valence-electron chi connectivity index (χ1n) is 9.75. The van der Waals surface area contributed by atoms with Gasteiger partial charge in [0.15, 0.2) is 0 Å². The maximum atomic E-state index is 12.9. The summed E-state index contributed by atoms with van der Waals surface area (Å²) in [6.07, 6.45) is 2.81. The number of thioether (sulfide) groups is 1. The summed E-state index contributed by atoms with van der Waals surface area (Å²) in [5.41, 5.74) is 0.519. The minimum Gasteiger partial charge on any atom is -0.411 e. The predicted octanol–water partition coefficient (Wildman–Crippen LogP) is 2.15. The fraction of sp³-hybridized carbons (Fsp3) is 0.526. The highest BCUT2D eigenvalue weighted by atomic mass is 32.2. The second-order valence-corrected chi connectivity index (χ2v) is 9.94. The Morgan fingerprint density at radius 1 is 1.30 bits per heavy atom. The molecule has 1 aromatic heterocycles. The Labute approximate surface area is 180 Å². The molecule has 0 spiro atoms. The Morgan fingerprint density at radius 2 is 2.07 bits per heavy atom. The van der Waals surface area contributed by atoms with Crippen LogP contribution >= 0.6 is 11.8 Å². The molecule has 1 fully saturated rings. The molecule has 9 nitrogen and oxygen atoms in total. The van der Waals surface area contributed by atoms with Crippen LogP contribution in [0, 0.1) is 0 Å². The van der Waals surface area contributed by atoms with Crippen molar-refractivity contribution in [2.24, 2.45) is 0 Å². The lowest BCUT2D eigenvalue weighted by molar-refractivity contribution is -0.119. The summed E-state index contributed by atoms with van der Waals surface area (Å²) < 4.78 is 37.9. The third-order valence-electron chi connectivity index (χ3n) is 4.59. The van der Waals surface area contributed by atoms with Crippen molar-refractivity contribution in [2.45, 2.75) is 42.3 Å². The number of nitrogens with one attached hydrogen (secondary N) is 1. The van der Waals surface area contributed by atoms with E-state index in [1.54, 1.807) is 31.4 Å². The Bertz CT molecular complexity index is 957. The van der Waals surface area contributed by atoms with Crippen molar-refractivity contribution < 1.29 is 22.4 Å². The summed E-state index contributed by atoms with van der Waals surface area (Å²) in [4.78, 5) is 12.1. The van der Waals surface area contributed by atoms with Crippen molar-refractivity contribution in [3.8, 4) is 11.5 Å². The molecule has 0 aliphatic carbocycles. The number of benzene rings is 1. The second kappa shape index (κ2) is 10.4. The largest absolute Gasteiger partial charge is 0.411 e. The second-order valence-electron chi connectivity index (χ2n) is 7.08. The number of aromatic nitrogens is 2. The molecule has 1 amide bonds. The zero-order chi connectivity index (χ0) is 21.6. The van der Waals surface area contributed by atoms with Crippen molar-refractivity contribution in [1.82, 2.24) is 19.8 Å². The minimum atomic E-state index is -3.55. The third kappa shape index (κ3) is 5.81. The summed E-state index contributed by atoms with van der Waals surface area (Å²) in [6.45, 7) is 3.36. The third-order valence-corrected chi connectivity index (χ3v) is 7.30. The number of hydrogen-bond acceptors (Lipinski definition) is 8. The van der Waals surface area contributed by atoms with Crippen LogP contribution < -0.4 is 5.32 Å². The molecule has 2 aromatic rings. The number of nitrogens with zero attached hydrogens (tertiary/aromatic N) is 3. The number of carbonyl (C=O) groups excluding carboxylic acids is 1. The number of sulfonamides is 1. The quantitative estimate of drug-likeness (QED) is 0.573. The van der Waals surface area contributed by atoms with Crippen molar-refractivity contribution in [3.05, 3.63) is 24.3 Å². The van der Waals surface area contributed by atoms with Gasteiger partial charge >= 0.3 is 0 Å². The van der Waals surface area contributed by atoms with E-state index in [0.717, 1.165) is 31.0 Å². The van der Waals surface area contributed by atoms with Gasteiger partial charge in [0.25, 0.3) is 5.22 Å². The molecule has 164 valence electrons. The van der Waals surface area contributed by atoms with Gasteiger partial charge in [-0.05, 0) is 38.0 Å². The number of carbonyl (C=O) groups is 1. The van der Waals surface area contributed by atoms with Gasteiger partial charge in [0.05, 0.1) is 17.3 Å². The first-order chi connectivity index (χ1) is 14.4. The molecule has 0 bridgehead atoms. The van der Waals surface area contributed by atoms with Crippen molar-refractivity contribution in [3.63, 3.8) is 0 Å². The van der Waals surface area contributed by atoms with Crippen LogP contribution in [0.3, 0.4) is 0 Å². The van der Waals surface area contributed by atoms with E-state index in [9.17, 15) is 13.2 Å². The summed E-state index contributed by atoms with van der Waals surface area (Å²) in [6, 6.07) is 6.41. The lowest BCUT2D eigenvalue weighted by Crippen LogP contribution is -2.36. The fourth-order valence-corrected chi connectivity index (χ4v) is 5.30. The summed E-state index contributed by atoms with van der Waals surface area (Å²) in [5.74, 6) is 0.166.